The lowest BCUT2D eigenvalue weighted by atomic mass is 10.1. The SMILES string of the molecule is NS(=O)[O-].NS(=O)[O-].c1ccc2ccccc2c1. The number of nitrogens with two attached hydrogens (primary N) is 2. The summed E-state index contributed by atoms with van der Waals surface area (Å²) in [5.41, 5.74) is 0. The normalized spacial score (nSPS) is 12.4. The maximum atomic E-state index is 8.78. The van der Waals surface area contributed by atoms with E-state index in [1.54, 1.807) is 0 Å². The predicted molar refractivity (Wildman–Crippen MR) is 70.2 cm³/mol. The molecule has 0 aromatic heterocycles. The Morgan fingerprint density at radius 1 is 0.722 bits per heavy atom. The number of rotatable bonds is 0. The van der Waals surface area contributed by atoms with Gasteiger partial charge in [0, 0.05) is 22.5 Å². The van der Waals surface area contributed by atoms with Crippen LogP contribution in [0.4, 0.5) is 0 Å². The fourth-order valence-electron chi connectivity index (χ4n) is 1.13. The molecule has 2 unspecified atom stereocenters. The Labute approximate surface area is 110 Å². The lowest BCUT2D eigenvalue weighted by molar-refractivity contribution is 0.537. The molecule has 0 saturated carbocycles. The molecule has 8 heteroatoms. The zero-order valence-electron chi connectivity index (χ0n) is 9.22. The standard InChI is InChI=1S/C10H8.2H3NO2S/c1-2-6-10-8-4-3-7-9(10)5-1;2*1-4(2)3/h1-8H;2*1H2,(H,2,3)/p-2. The van der Waals surface area contributed by atoms with Crippen molar-refractivity contribution in [1.82, 2.24) is 0 Å². The van der Waals surface area contributed by atoms with Crippen LogP contribution in [0.3, 0.4) is 0 Å². The predicted octanol–water partition coefficient (Wildman–Crippen LogP) is 0.318. The molecular formula is C10H12N2O4S2-2. The van der Waals surface area contributed by atoms with E-state index in [0.717, 1.165) is 0 Å². The van der Waals surface area contributed by atoms with Gasteiger partial charge in [0.2, 0.25) is 0 Å². The second kappa shape index (κ2) is 9.83. The molecule has 0 aliphatic carbocycles. The van der Waals surface area contributed by atoms with Gasteiger partial charge in [0.1, 0.15) is 0 Å². The Kier molecular flexibility index (Phi) is 9.19. The lowest BCUT2D eigenvalue weighted by Gasteiger charge is -1.92. The van der Waals surface area contributed by atoms with Crippen molar-refractivity contribution in [3.05, 3.63) is 48.5 Å². The molecule has 18 heavy (non-hydrogen) atoms. The fraction of sp³-hybridized carbons (Fsp3) is 0. The van der Waals surface area contributed by atoms with E-state index in [1.807, 2.05) is 0 Å². The van der Waals surface area contributed by atoms with Gasteiger partial charge in [-0.15, -0.1) is 0 Å². The summed E-state index contributed by atoms with van der Waals surface area (Å²) in [6, 6.07) is 16.7. The summed E-state index contributed by atoms with van der Waals surface area (Å²) in [6.07, 6.45) is 0. The van der Waals surface area contributed by atoms with Gasteiger partial charge in [-0.2, -0.15) is 0 Å². The molecule has 0 aliphatic heterocycles. The minimum atomic E-state index is -2.36. The van der Waals surface area contributed by atoms with Crippen LogP contribution in [-0.2, 0) is 22.5 Å². The molecular weight excluding hydrogens is 276 g/mol. The topological polar surface area (TPSA) is 132 Å². The van der Waals surface area contributed by atoms with Gasteiger partial charge in [0.05, 0.1) is 0 Å². The van der Waals surface area contributed by atoms with Crippen LogP contribution in [0.2, 0.25) is 0 Å². The molecule has 0 spiro atoms. The number of hydrogen-bond donors (Lipinski definition) is 2. The molecule has 2 aromatic carbocycles. The first-order chi connectivity index (χ1) is 8.43. The van der Waals surface area contributed by atoms with Crippen LogP contribution < -0.4 is 10.3 Å². The molecule has 2 aromatic rings. The fourth-order valence-corrected chi connectivity index (χ4v) is 1.13. The molecule has 100 valence electrons. The van der Waals surface area contributed by atoms with Gasteiger partial charge >= 0.3 is 0 Å². The zero-order chi connectivity index (χ0) is 14.0. The van der Waals surface area contributed by atoms with Gasteiger partial charge in [0.25, 0.3) is 0 Å². The first kappa shape index (κ1) is 16.8. The molecule has 2 rings (SSSR count). The molecule has 0 amide bonds. The molecule has 2 atom stereocenters. The van der Waals surface area contributed by atoms with E-state index in [2.05, 4.69) is 58.8 Å². The average Bonchev–Trinajstić information content (AvgIpc) is 2.28. The van der Waals surface area contributed by atoms with Crippen LogP contribution in [-0.4, -0.2) is 17.5 Å². The van der Waals surface area contributed by atoms with E-state index in [4.69, 9.17) is 17.5 Å². The summed E-state index contributed by atoms with van der Waals surface area (Å²) in [4.78, 5) is 0. The highest BCUT2D eigenvalue weighted by Gasteiger charge is 1.85. The van der Waals surface area contributed by atoms with Crippen molar-refractivity contribution in [2.75, 3.05) is 0 Å². The van der Waals surface area contributed by atoms with Crippen LogP contribution in [0.1, 0.15) is 0 Å². The molecule has 0 aliphatic rings. The third-order valence-corrected chi connectivity index (χ3v) is 1.66. The van der Waals surface area contributed by atoms with Crippen molar-refractivity contribution in [3.63, 3.8) is 0 Å². The van der Waals surface area contributed by atoms with Gasteiger partial charge in [0.15, 0.2) is 0 Å². The molecule has 0 heterocycles. The maximum absolute atomic E-state index is 8.78. The highest BCUT2D eigenvalue weighted by Crippen LogP contribution is 2.11. The van der Waals surface area contributed by atoms with Crippen LogP contribution in [0, 0.1) is 0 Å². The Bertz CT molecular complexity index is 436. The van der Waals surface area contributed by atoms with Crippen molar-refractivity contribution < 1.29 is 17.5 Å². The molecule has 6 nitrogen and oxygen atoms in total. The van der Waals surface area contributed by atoms with E-state index in [1.165, 1.54) is 10.8 Å². The highest BCUT2D eigenvalue weighted by atomic mass is 32.2. The Morgan fingerprint density at radius 3 is 1.06 bits per heavy atom. The van der Waals surface area contributed by atoms with Gasteiger partial charge in [-0.1, -0.05) is 48.5 Å². The van der Waals surface area contributed by atoms with Crippen LogP contribution in [0.15, 0.2) is 48.5 Å². The summed E-state index contributed by atoms with van der Waals surface area (Å²) >= 11 is -4.72. The van der Waals surface area contributed by atoms with Crippen molar-refractivity contribution in [2.45, 2.75) is 0 Å². The van der Waals surface area contributed by atoms with E-state index in [9.17, 15) is 0 Å². The largest absolute Gasteiger partial charge is 0.760 e. The molecule has 4 N–H and O–H groups in total. The van der Waals surface area contributed by atoms with Crippen molar-refractivity contribution in [3.8, 4) is 0 Å². The van der Waals surface area contributed by atoms with Crippen LogP contribution in [0.5, 0.6) is 0 Å². The Balaban J connectivity index is 0.000000307. The summed E-state index contributed by atoms with van der Waals surface area (Å²) < 4.78 is 35.1. The quantitative estimate of drug-likeness (QED) is 0.675. The number of fused-ring (bicyclic) bond motifs is 1. The molecule has 0 saturated heterocycles. The molecule has 0 bridgehead atoms. The maximum Gasteiger partial charge on any atom is 0.0152 e. The highest BCUT2D eigenvalue weighted by molar-refractivity contribution is 7.76. The first-order valence-electron chi connectivity index (χ1n) is 4.54. The molecule has 0 fully saturated rings. The minimum absolute atomic E-state index is 1.31. The monoisotopic (exact) mass is 288 g/mol. The summed E-state index contributed by atoms with van der Waals surface area (Å²) in [7, 11) is 0. The second-order valence-corrected chi connectivity index (χ2v) is 3.91. The van der Waals surface area contributed by atoms with Crippen LogP contribution >= 0.6 is 0 Å². The first-order valence-corrected chi connectivity index (χ1v) is 6.82. The van der Waals surface area contributed by atoms with E-state index in [0.29, 0.717) is 0 Å². The number of hydrogen-bond acceptors (Lipinski definition) is 4. The summed E-state index contributed by atoms with van der Waals surface area (Å²) in [5, 5.41) is 10.7. The van der Waals surface area contributed by atoms with Crippen molar-refractivity contribution in [1.29, 1.82) is 0 Å². The van der Waals surface area contributed by atoms with Gasteiger partial charge in [-0.05, 0) is 10.8 Å². The molecule has 0 radical (unpaired) electrons. The summed E-state index contributed by atoms with van der Waals surface area (Å²) in [5.74, 6) is 0. The minimum Gasteiger partial charge on any atom is -0.760 e. The zero-order valence-corrected chi connectivity index (χ0v) is 10.9. The van der Waals surface area contributed by atoms with Gasteiger partial charge in [-0.25, -0.2) is 0 Å². The van der Waals surface area contributed by atoms with E-state index >= 15 is 0 Å². The van der Waals surface area contributed by atoms with Gasteiger partial charge < -0.3 is 9.11 Å². The van der Waals surface area contributed by atoms with Crippen LogP contribution in [0.25, 0.3) is 10.8 Å². The second-order valence-electron chi connectivity index (χ2n) is 2.87. The third-order valence-electron chi connectivity index (χ3n) is 1.66. The van der Waals surface area contributed by atoms with E-state index in [-0.39, 0.29) is 0 Å². The smallest absolute Gasteiger partial charge is 0.0152 e. The Hall–Kier alpha value is -1.16. The number of benzene rings is 2. The average molecular weight is 288 g/mol. The third kappa shape index (κ3) is 10.0. The van der Waals surface area contributed by atoms with E-state index < -0.39 is 22.5 Å². The van der Waals surface area contributed by atoms with Gasteiger partial charge in [-0.3, -0.25) is 18.7 Å². The lowest BCUT2D eigenvalue weighted by Crippen LogP contribution is -1.97. The van der Waals surface area contributed by atoms with Crippen molar-refractivity contribution in [2.24, 2.45) is 10.3 Å². The van der Waals surface area contributed by atoms with Crippen molar-refractivity contribution >= 4 is 33.3 Å². The summed E-state index contributed by atoms with van der Waals surface area (Å²) in [6.45, 7) is 0. The Morgan fingerprint density at radius 2 is 0.889 bits per heavy atom.